The van der Waals surface area contributed by atoms with Crippen molar-refractivity contribution >= 4 is 11.7 Å². The van der Waals surface area contributed by atoms with Crippen LogP contribution in [0.1, 0.15) is 44.6 Å². The van der Waals surface area contributed by atoms with Crippen molar-refractivity contribution in [3.8, 4) is 0 Å². The molecule has 0 aliphatic carbocycles. The summed E-state index contributed by atoms with van der Waals surface area (Å²) in [4.78, 5) is 25.5. The van der Waals surface area contributed by atoms with Gasteiger partial charge in [0.25, 0.3) is 5.91 Å². The van der Waals surface area contributed by atoms with Crippen LogP contribution in [0.2, 0.25) is 0 Å². The molecule has 1 heterocycles. The molecule has 0 saturated carbocycles. The number of rotatable bonds is 6. The van der Waals surface area contributed by atoms with E-state index in [9.17, 15) is 9.59 Å². The Morgan fingerprint density at radius 1 is 1.04 bits per heavy atom. The van der Waals surface area contributed by atoms with Crippen molar-refractivity contribution in [3.63, 3.8) is 0 Å². The Labute approximate surface area is 139 Å². The lowest BCUT2D eigenvalue weighted by Crippen LogP contribution is -3.13. The van der Waals surface area contributed by atoms with Crippen molar-refractivity contribution in [2.75, 3.05) is 19.6 Å². The van der Waals surface area contributed by atoms with Gasteiger partial charge in [-0.05, 0) is 44.6 Å². The van der Waals surface area contributed by atoms with E-state index in [1.807, 2.05) is 30.3 Å². The summed E-state index contributed by atoms with van der Waals surface area (Å²) in [5, 5.41) is 2.94. The van der Waals surface area contributed by atoms with E-state index >= 15 is 0 Å². The van der Waals surface area contributed by atoms with Crippen LogP contribution in [-0.2, 0) is 16.0 Å². The van der Waals surface area contributed by atoms with E-state index < -0.39 is 6.04 Å². The minimum absolute atomic E-state index is 0.00305. The fraction of sp³-hybridized carbons (Fsp3) is 0.579. The standard InChI is InChI=1S/C19H28N2O2/c1-16(22)18(14-17-10-6-5-7-11-17)20-19(23)15-21-12-8-3-2-4-9-13-21/h5-7,10-11,18H,2-4,8-9,12-15H2,1H3,(H,20,23)/p+1/t18-/m1/s1. The van der Waals surface area contributed by atoms with Crippen molar-refractivity contribution < 1.29 is 14.5 Å². The third kappa shape index (κ3) is 6.53. The monoisotopic (exact) mass is 317 g/mol. The number of benzene rings is 1. The summed E-state index contributed by atoms with van der Waals surface area (Å²) in [7, 11) is 0. The lowest BCUT2D eigenvalue weighted by molar-refractivity contribution is -0.893. The molecule has 2 rings (SSSR count). The number of hydrogen-bond donors (Lipinski definition) is 2. The number of nitrogens with one attached hydrogen (secondary N) is 2. The summed E-state index contributed by atoms with van der Waals surface area (Å²) < 4.78 is 0. The molecule has 23 heavy (non-hydrogen) atoms. The number of carbonyl (C=O) groups excluding carboxylic acids is 2. The van der Waals surface area contributed by atoms with Gasteiger partial charge in [-0.15, -0.1) is 0 Å². The number of Topliss-reactive ketones (excluding diaryl/α,β-unsaturated/α-hetero) is 1. The van der Waals surface area contributed by atoms with Crippen molar-refractivity contribution in [1.29, 1.82) is 0 Å². The van der Waals surface area contributed by atoms with Gasteiger partial charge in [0, 0.05) is 0 Å². The van der Waals surface area contributed by atoms with Crippen molar-refractivity contribution in [2.45, 2.75) is 51.5 Å². The molecule has 1 amide bonds. The Morgan fingerprint density at radius 3 is 2.26 bits per heavy atom. The van der Waals surface area contributed by atoms with Gasteiger partial charge in [-0.1, -0.05) is 36.8 Å². The second-order valence-corrected chi connectivity index (χ2v) is 6.62. The molecule has 4 heteroatoms. The Morgan fingerprint density at radius 2 is 1.65 bits per heavy atom. The van der Waals surface area contributed by atoms with Crippen LogP contribution in [-0.4, -0.2) is 37.4 Å². The normalized spacial score (nSPS) is 17.8. The van der Waals surface area contributed by atoms with Crippen LogP contribution >= 0.6 is 0 Å². The molecule has 0 unspecified atom stereocenters. The molecular formula is C19H29N2O2+. The smallest absolute Gasteiger partial charge is 0.275 e. The highest BCUT2D eigenvalue weighted by Gasteiger charge is 2.21. The molecule has 1 aliphatic heterocycles. The van der Waals surface area contributed by atoms with E-state index in [1.165, 1.54) is 37.0 Å². The topological polar surface area (TPSA) is 50.6 Å². The van der Waals surface area contributed by atoms with Gasteiger partial charge < -0.3 is 10.2 Å². The van der Waals surface area contributed by atoms with Crippen LogP contribution in [0.4, 0.5) is 0 Å². The fourth-order valence-electron chi connectivity index (χ4n) is 3.20. The molecule has 1 aromatic carbocycles. The van der Waals surface area contributed by atoms with E-state index in [4.69, 9.17) is 0 Å². The minimum atomic E-state index is -0.418. The molecule has 0 spiro atoms. The summed E-state index contributed by atoms with van der Waals surface area (Å²) >= 11 is 0. The number of ketones is 1. The Hall–Kier alpha value is -1.68. The Balaban J connectivity index is 1.86. The molecule has 126 valence electrons. The number of quaternary nitrogens is 1. The summed E-state index contributed by atoms with van der Waals surface area (Å²) in [6.45, 7) is 4.17. The third-order valence-corrected chi connectivity index (χ3v) is 4.58. The molecule has 0 radical (unpaired) electrons. The zero-order valence-electron chi connectivity index (χ0n) is 14.1. The maximum Gasteiger partial charge on any atom is 0.275 e. The molecule has 1 atom stereocenters. The molecule has 2 N–H and O–H groups in total. The third-order valence-electron chi connectivity index (χ3n) is 4.58. The van der Waals surface area contributed by atoms with Crippen molar-refractivity contribution in [3.05, 3.63) is 35.9 Å². The first kappa shape index (κ1) is 17.7. The largest absolute Gasteiger partial charge is 0.341 e. The molecule has 0 bridgehead atoms. The van der Waals surface area contributed by atoms with E-state index in [0.29, 0.717) is 13.0 Å². The van der Waals surface area contributed by atoms with E-state index in [0.717, 1.165) is 18.7 Å². The lowest BCUT2D eigenvalue weighted by Gasteiger charge is -2.22. The molecule has 0 aromatic heterocycles. The first-order valence-electron chi connectivity index (χ1n) is 8.82. The van der Waals surface area contributed by atoms with Gasteiger partial charge in [0.15, 0.2) is 12.3 Å². The van der Waals surface area contributed by atoms with Gasteiger partial charge in [0.1, 0.15) is 0 Å². The fourth-order valence-corrected chi connectivity index (χ4v) is 3.20. The molecule has 1 aromatic rings. The van der Waals surface area contributed by atoms with Gasteiger partial charge >= 0.3 is 0 Å². The first-order valence-corrected chi connectivity index (χ1v) is 8.82. The molecule has 1 aliphatic rings. The maximum atomic E-state index is 12.3. The quantitative estimate of drug-likeness (QED) is 0.827. The van der Waals surface area contributed by atoms with Gasteiger partial charge in [-0.2, -0.15) is 0 Å². The van der Waals surface area contributed by atoms with Gasteiger partial charge in [-0.25, -0.2) is 0 Å². The minimum Gasteiger partial charge on any atom is -0.341 e. The van der Waals surface area contributed by atoms with E-state index in [1.54, 1.807) is 6.92 Å². The second kappa shape index (κ2) is 9.46. The first-order chi connectivity index (χ1) is 11.1. The lowest BCUT2D eigenvalue weighted by atomic mass is 10.0. The zero-order chi connectivity index (χ0) is 16.5. The average molecular weight is 317 g/mol. The highest BCUT2D eigenvalue weighted by Crippen LogP contribution is 2.04. The van der Waals surface area contributed by atoms with Crippen molar-refractivity contribution in [2.24, 2.45) is 0 Å². The van der Waals surface area contributed by atoms with Crippen LogP contribution < -0.4 is 10.2 Å². The number of carbonyl (C=O) groups is 2. The molecular weight excluding hydrogens is 288 g/mol. The number of hydrogen-bond acceptors (Lipinski definition) is 2. The van der Waals surface area contributed by atoms with Gasteiger partial charge in [-0.3, -0.25) is 9.59 Å². The van der Waals surface area contributed by atoms with Crippen LogP contribution in [0.25, 0.3) is 0 Å². The SMILES string of the molecule is CC(=O)[C@@H](Cc1ccccc1)NC(=O)C[NH+]1CCCCCCC1. The van der Waals surface area contributed by atoms with E-state index in [-0.39, 0.29) is 11.7 Å². The highest BCUT2D eigenvalue weighted by atomic mass is 16.2. The van der Waals surface area contributed by atoms with Crippen LogP contribution in [0, 0.1) is 0 Å². The second-order valence-electron chi connectivity index (χ2n) is 6.62. The molecule has 1 fully saturated rings. The summed E-state index contributed by atoms with van der Waals surface area (Å²) in [6, 6.07) is 9.43. The van der Waals surface area contributed by atoms with Gasteiger partial charge in [0.05, 0.1) is 19.1 Å². The maximum absolute atomic E-state index is 12.3. The van der Waals surface area contributed by atoms with Crippen LogP contribution in [0.5, 0.6) is 0 Å². The van der Waals surface area contributed by atoms with Crippen LogP contribution in [0.3, 0.4) is 0 Å². The molecule has 4 nitrogen and oxygen atoms in total. The zero-order valence-corrected chi connectivity index (χ0v) is 14.1. The summed E-state index contributed by atoms with van der Waals surface area (Å²) in [5.41, 5.74) is 1.08. The van der Waals surface area contributed by atoms with Crippen molar-refractivity contribution in [1.82, 2.24) is 5.32 Å². The van der Waals surface area contributed by atoms with Gasteiger partial charge in [0.2, 0.25) is 0 Å². The number of likely N-dealkylation sites (tertiary alicyclic amines) is 1. The molecule has 1 saturated heterocycles. The summed E-state index contributed by atoms with van der Waals surface area (Å²) in [5.74, 6) is 0.0153. The number of amides is 1. The van der Waals surface area contributed by atoms with E-state index in [2.05, 4.69) is 5.32 Å². The predicted molar refractivity (Wildman–Crippen MR) is 91.4 cm³/mol. The predicted octanol–water partition coefficient (Wildman–Crippen LogP) is 1.15. The highest BCUT2D eigenvalue weighted by molar-refractivity contribution is 5.88. The summed E-state index contributed by atoms with van der Waals surface area (Å²) in [6.07, 6.45) is 6.83. The average Bonchev–Trinajstić information content (AvgIpc) is 2.50. The van der Waals surface area contributed by atoms with Crippen LogP contribution in [0.15, 0.2) is 30.3 Å². The Bertz CT molecular complexity index is 493. The Kier molecular flexibility index (Phi) is 7.27.